The van der Waals surface area contributed by atoms with E-state index in [1.165, 1.54) is 0 Å². The summed E-state index contributed by atoms with van der Waals surface area (Å²) in [5.74, 6) is 0. The Morgan fingerprint density at radius 3 is 2.19 bits per heavy atom. The van der Waals surface area contributed by atoms with Crippen molar-refractivity contribution in [1.82, 2.24) is 5.32 Å². The van der Waals surface area contributed by atoms with E-state index in [2.05, 4.69) is 19.2 Å². The highest BCUT2D eigenvalue weighted by Crippen LogP contribution is 1.96. The van der Waals surface area contributed by atoms with Crippen LogP contribution in [-0.4, -0.2) is 45.3 Å². The summed E-state index contributed by atoms with van der Waals surface area (Å²) in [6.45, 7) is 11.8. The average Bonchev–Trinajstić information content (AvgIpc) is 2.23. The molecule has 0 rings (SSSR count). The molecule has 0 spiro atoms. The van der Waals surface area contributed by atoms with Gasteiger partial charge < -0.3 is 19.5 Å². The van der Waals surface area contributed by atoms with Gasteiger partial charge >= 0.3 is 0 Å². The van der Waals surface area contributed by atoms with Gasteiger partial charge in [-0.15, -0.1) is 0 Å². The molecule has 0 aliphatic carbocycles. The lowest BCUT2D eigenvalue weighted by Crippen LogP contribution is -2.26. The van der Waals surface area contributed by atoms with Crippen LogP contribution in [0.4, 0.5) is 0 Å². The molecular formula is C12H27NO3. The summed E-state index contributed by atoms with van der Waals surface area (Å²) in [7, 11) is 0. The summed E-state index contributed by atoms with van der Waals surface area (Å²) in [4.78, 5) is 0. The Morgan fingerprint density at radius 1 is 1.06 bits per heavy atom. The third-order valence-electron chi connectivity index (χ3n) is 1.98. The highest BCUT2D eigenvalue weighted by atomic mass is 16.7. The fourth-order valence-corrected chi connectivity index (χ4v) is 1.26. The van der Waals surface area contributed by atoms with E-state index in [1.54, 1.807) is 0 Å². The van der Waals surface area contributed by atoms with Crippen LogP contribution in [0.3, 0.4) is 0 Å². The summed E-state index contributed by atoms with van der Waals surface area (Å²) >= 11 is 0. The minimum atomic E-state index is -0.215. The van der Waals surface area contributed by atoms with Gasteiger partial charge in [0.15, 0.2) is 6.29 Å². The molecule has 0 bridgehead atoms. The Bertz CT molecular complexity index is 136. The van der Waals surface area contributed by atoms with Crippen molar-refractivity contribution in [3.63, 3.8) is 0 Å². The molecule has 16 heavy (non-hydrogen) atoms. The first-order valence-electron chi connectivity index (χ1n) is 6.25. The summed E-state index contributed by atoms with van der Waals surface area (Å²) < 4.78 is 16.2. The number of hydrogen-bond acceptors (Lipinski definition) is 4. The van der Waals surface area contributed by atoms with Crippen LogP contribution in [-0.2, 0) is 14.2 Å². The predicted molar refractivity (Wildman–Crippen MR) is 65.6 cm³/mol. The first-order valence-corrected chi connectivity index (χ1v) is 6.25. The Balaban J connectivity index is 3.32. The molecule has 4 heteroatoms. The monoisotopic (exact) mass is 233 g/mol. The molecule has 98 valence electrons. The fraction of sp³-hybridized carbons (Fsp3) is 1.00. The van der Waals surface area contributed by atoms with Crippen molar-refractivity contribution < 1.29 is 14.2 Å². The predicted octanol–water partition coefficient (Wildman–Crippen LogP) is 1.79. The third kappa shape index (κ3) is 10.4. The summed E-state index contributed by atoms with van der Waals surface area (Å²) in [6.07, 6.45) is 0.802. The van der Waals surface area contributed by atoms with E-state index in [0.717, 1.165) is 19.6 Å². The fourth-order valence-electron chi connectivity index (χ4n) is 1.26. The molecule has 1 N–H and O–H groups in total. The number of ether oxygens (including phenoxy) is 3. The van der Waals surface area contributed by atoms with Gasteiger partial charge in [-0.1, -0.05) is 13.8 Å². The van der Waals surface area contributed by atoms with Crippen LogP contribution in [0.1, 0.15) is 34.1 Å². The maximum atomic E-state index is 5.49. The van der Waals surface area contributed by atoms with Crippen molar-refractivity contribution in [1.29, 1.82) is 0 Å². The maximum absolute atomic E-state index is 5.49. The first kappa shape index (κ1) is 15.8. The van der Waals surface area contributed by atoms with Crippen molar-refractivity contribution >= 4 is 0 Å². The van der Waals surface area contributed by atoms with Gasteiger partial charge in [-0.05, 0) is 26.8 Å². The molecule has 0 saturated heterocycles. The first-order chi connectivity index (χ1) is 7.70. The van der Waals surface area contributed by atoms with Gasteiger partial charge in [0.05, 0.1) is 6.61 Å². The molecule has 0 unspecified atom stereocenters. The largest absolute Gasteiger partial charge is 0.376 e. The Morgan fingerprint density at radius 2 is 1.69 bits per heavy atom. The second-order valence-corrected chi connectivity index (χ2v) is 3.88. The lowest BCUT2D eigenvalue weighted by Gasteiger charge is -2.17. The van der Waals surface area contributed by atoms with Crippen LogP contribution in [0.15, 0.2) is 0 Å². The molecule has 0 amide bonds. The van der Waals surface area contributed by atoms with Crippen LogP contribution >= 0.6 is 0 Å². The molecule has 0 radical (unpaired) electrons. The molecule has 0 fully saturated rings. The van der Waals surface area contributed by atoms with E-state index in [-0.39, 0.29) is 6.29 Å². The third-order valence-corrected chi connectivity index (χ3v) is 1.98. The average molecular weight is 233 g/mol. The van der Waals surface area contributed by atoms with Crippen molar-refractivity contribution in [2.75, 3.05) is 33.0 Å². The molecular weight excluding hydrogens is 206 g/mol. The van der Waals surface area contributed by atoms with Crippen LogP contribution < -0.4 is 5.32 Å². The van der Waals surface area contributed by atoms with Gasteiger partial charge in [0.2, 0.25) is 0 Å². The molecule has 0 saturated carbocycles. The van der Waals surface area contributed by atoms with E-state index < -0.39 is 0 Å². The van der Waals surface area contributed by atoms with Gasteiger partial charge in [0.1, 0.15) is 0 Å². The minimum absolute atomic E-state index is 0.215. The van der Waals surface area contributed by atoms with Crippen LogP contribution in [0.25, 0.3) is 0 Å². The molecule has 0 atom stereocenters. The number of hydrogen-bond donors (Lipinski definition) is 1. The van der Waals surface area contributed by atoms with Crippen LogP contribution in [0.5, 0.6) is 0 Å². The second-order valence-electron chi connectivity index (χ2n) is 3.88. The Kier molecular flexibility index (Phi) is 11.2. The topological polar surface area (TPSA) is 39.7 Å². The maximum Gasteiger partial charge on any atom is 0.180 e. The van der Waals surface area contributed by atoms with Crippen molar-refractivity contribution in [3.05, 3.63) is 0 Å². The molecule has 0 aromatic carbocycles. The van der Waals surface area contributed by atoms with E-state index in [1.807, 2.05) is 13.8 Å². The molecule has 0 aliphatic rings. The van der Waals surface area contributed by atoms with E-state index in [0.29, 0.717) is 25.9 Å². The molecule has 0 aliphatic heterocycles. The minimum Gasteiger partial charge on any atom is -0.376 e. The zero-order valence-electron chi connectivity index (χ0n) is 11.1. The SMILES string of the molecule is CCOC(COCCCNC(C)C)OCC. The van der Waals surface area contributed by atoms with E-state index in [9.17, 15) is 0 Å². The summed E-state index contributed by atoms with van der Waals surface area (Å²) in [6, 6.07) is 0.541. The normalized spacial score (nSPS) is 11.6. The lowest BCUT2D eigenvalue weighted by molar-refractivity contribution is -0.167. The van der Waals surface area contributed by atoms with Gasteiger partial charge in [-0.2, -0.15) is 0 Å². The van der Waals surface area contributed by atoms with Gasteiger partial charge in [-0.25, -0.2) is 0 Å². The Hall–Kier alpha value is -0.160. The number of nitrogens with one attached hydrogen (secondary N) is 1. The zero-order chi connectivity index (χ0) is 12.2. The lowest BCUT2D eigenvalue weighted by atomic mass is 10.3. The zero-order valence-corrected chi connectivity index (χ0v) is 11.1. The summed E-state index contributed by atoms with van der Waals surface area (Å²) in [5.41, 5.74) is 0. The van der Waals surface area contributed by atoms with Crippen LogP contribution in [0.2, 0.25) is 0 Å². The molecule has 0 heterocycles. The number of rotatable bonds is 11. The Labute approximate surface area is 99.6 Å². The molecule has 4 nitrogen and oxygen atoms in total. The summed E-state index contributed by atoms with van der Waals surface area (Å²) in [5, 5.41) is 3.34. The van der Waals surface area contributed by atoms with Gasteiger partial charge in [0, 0.05) is 25.9 Å². The van der Waals surface area contributed by atoms with Crippen molar-refractivity contribution in [2.24, 2.45) is 0 Å². The van der Waals surface area contributed by atoms with Crippen molar-refractivity contribution in [3.8, 4) is 0 Å². The second kappa shape index (κ2) is 11.3. The van der Waals surface area contributed by atoms with Crippen molar-refractivity contribution in [2.45, 2.75) is 46.4 Å². The highest BCUT2D eigenvalue weighted by Gasteiger charge is 2.07. The van der Waals surface area contributed by atoms with Crippen LogP contribution in [0, 0.1) is 0 Å². The van der Waals surface area contributed by atoms with Gasteiger partial charge in [0.25, 0.3) is 0 Å². The smallest absolute Gasteiger partial charge is 0.180 e. The standard InChI is InChI=1S/C12H27NO3/c1-5-15-12(16-6-2)10-14-9-7-8-13-11(3)4/h11-13H,5-10H2,1-4H3. The molecule has 0 aromatic heterocycles. The van der Waals surface area contributed by atoms with Gasteiger partial charge in [-0.3, -0.25) is 0 Å². The van der Waals surface area contributed by atoms with E-state index >= 15 is 0 Å². The quantitative estimate of drug-likeness (QED) is 0.436. The highest BCUT2D eigenvalue weighted by molar-refractivity contribution is 4.52. The van der Waals surface area contributed by atoms with E-state index in [4.69, 9.17) is 14.2 Å². The molecule has 0 aromatic rings.